The first-order valence-corrected chi connectivity index (χ1v) is 5.13. The molecular formula is C12H12N2O3. The molecule has 88 valence electrons. The van der Waals surface area contributed by atoms with E-state index >= 15 is 0 Å². The Labute approximate surface area is 98.4 Å². The van der Waals surface area contributed by atoms with Gasteiger partial charge in [-0.15, -0.1) is 0 Å². The number of carboxylic acid groups (broad SMARTS) is 1. The molecule has 0 fully saturated rings. The summed E-state index contributed by atoms with van der Waals surface area (Å²) < 4.78 is 0. The molecule has 1 aromatic rings. The second-order valence-electron chi connectivity index (χ2n) is 4.05. The van der Waals surface area contributed by atoms with Crippen LogP contribution in [0.3, 0.4) is 0 Å². The number of ketones is 1. The van der Waals surface area contributed by atoms with Gasteiger partial charge in [-0.3, -0.25) is 14.6 Å². The van der Waals surface area contributed by atoms with Gasteiger partial charge in [0.25, 0.3) is 0 Å². The Morgan fingerprint density at radius 1 is 1.41 bits per heavy atom. The number of aliphatic imine (C=N–C) groups is 1. The maximum atomic E-state index is 11.9. The first kappa shape index (κ1) is 11.3. The van der Waals surface area contributed by atoms with Crippen molar-refractivity contribution in [3.8, 4) is 0 Å². The van der Waals surface area contributed by atoms with Crippen LogP contribution in [-0.2, 0) is 4.79 Å². The Morgan fingerprint density at radius 2 is 2.12 bits per heavy atom. The number of nitrogens with zero attached hydrogens (tertiary/aromatic N) is 2. The lowest BCUT2D eigenvalue weighted by molar-refractivity contribution is -0.137. The van der Waals surface area contributed by atoms with Crippen LogP contribution < -0.4 is 4.90 Å². The standard InChI is InChI=1S/C12H12N2O3/c1-14(2)7-3-4-8-10(5-7)13-6-9(11(8)15)12(16)17/h3-6,9H,1-2H3,(H,16,17). The molecule has 1 unspecified atom stereocenters. The number of hydrogen-bond donors (Lipinski definition) is 1. The zero-order valence-corrected chi connectivity index (χ0v) is 9.54. The molecule has 17 heavy (non-hydrogen) atoms. The van der Waals surface area contributed by atoms with Crippen molar-refractivity contribution in [3.05, 3.63) is 23.8 Å². The molecule has 1 aliphatic heterocycles. The fourth-order valence-electron chi connectivity index (χ4n) is 1.68. The van der Waals surface area contributed by atoms with E-state index in [9.17, 15) is 9.59 Å². The van der Waals surface area contributed by atoms with Gasteiger partial charge in [0.15, 0.2) is 11.7 Å². The molecule has 5 nitrogen and oxygen atoms in total. The third-order valence-corrected chi connectivity index (χ3v) is 2.67. The molecule has 1 atom stereocenters. The van der Waals surface area contributed by atoms with Gasteiger partial charge in [-0.25, -0.2) is 0 Å². The normalized spacial score (nSPS) is 17.8. The molecule has 0 spiro atoms. The van der Waals surface area contributed by atoms with E-state index in [1.165, 1.54) is 6.21 Å². The molecule has 1 aromatic carbocycles. The van der Waals surface area contributed by atoms with Crippen LogP contribution in [-0.4, -0.2) is 37.2 Å². The van der Waals surface area contributed by atoms with Crippen LogP contribution in [0.4, 0.5) is 11.4 Å². The second-order valence-corrected chi connectivity index (χ2v) is 4.05. The highest BCUT2D eigenvalue weighted by Crippen LogP contribution is 2.30. The van der Waals surface area contributed by atoms with Gasteiger partial charge >= 0.3 is 5.97 Å². The average Bonchev–Trinajstić information content (AvgIpc) is 2.28. The summed E-state index contributed by atoms with van der Waals surface area (Å²) >= 11 is 0. The van der Waals surface area contributed by atoms with E-state index in [2.05, 4.69) is 4.99 Å². The molecule has 1 heterocycles. The summed E-state index contributed by atoms with van der Waals surface area (Å²) in [5, 5.41) is 8.86. The number of hydrogen-bond acceptors (Lipinski definition) is 4. The second kappa shape index (κ2) is 4.01. The lowest BCUT2D eigenvalue weighted by atomic mass is 9.94. The monoisotopic (exact) mass is 232 g/mol. The van der Waals surface area contributed by atoms with Crippen LogP contribution in [0.25, 0.3) is 0 Å². The fourth-order valence-corrected chi connectivity index (χ4v) is 1.68. The van der Waals surface area contributed by atoms with Gasteiger partial charge in [0.1, 0.15) is 0 Å². The average molecular weight is 232 g/mol. The summed E-state index contributed by atoms with van der Waals surface area (Å²) in [5.74, 6) is -2.73. The van der Waals surface area contributed by atoms with Gasteiger partial charge in [0.2, 0.25) is 0 Å². The number of carboxylic acids is 1. The zero-order chi connectivity index (χ0) is 12.6. The minimum absolute atomic E-state index is 0.366. The molecule has 0 saturated heterocycles. The van der Waals surface area contributed by atoms with E-state index < -0.39 is 17.7 Å². The number of carbonyl (C=O) groups is 2. The molecule has 0 amide bonds. The minimum Gasteiger partial charge on any atom is -0.480 e. The Hall–Kier alpha value is -2.17. The Bertz CT molecular complexity index is 520. The molecule has 5 heteroatoms. The third-order valence-electron chi connectivity index (χ3n) is 2.67. The smallest absolute Gasteiger partial charge is 0.319 e. The number of fused-ring (bicyclic) bond motifs is 1. The summed E-state index contributed by atoms with van der Waals surface area (Å²) in [4.78, 5) is 28.6. The van der Waals surface area contributed by atoms with Crippen molar-refractivity contribution >= 4 is 29.3 Å². The van der Waals surface area contributed by atoms with Gasteiger partial charge in [-0.05, 0) is 18.2 Å². The van der Waals surface area contributed by atoms with Crippen molar-refractivity contribution in [2.24, 2.45) is 10.9 Å². The Kier molecular flexibility index (Phi) is 2.67. The zero-order valence-electron chi connectivity index (χ0n) is 9.54. The van der Waals surface area contributed by atoms with Gasteiger partial charge < -0.3 is 10.0 Å². The summed E-state index contributed by atoms with van der Waals surface area (Å²) in [5.41, 5.74) is 1.81. The van der Waals surface area contributed by atoms with E-state index in [1.807, 2.05) is 19.0 Å². The maximum Gasteiger partial charge on any atom is 0.319 e. The summed E-state index contributed by atoms with van der Waals surface area (Å²) in [6.45, 7) is 0. The third kappa shape index (κ3) is 1.91. The van der Waals surface area contributed by atoms with Crippen LogP contribution in [0.5, 0.6) is 0 Å². The van der Waals surface area contributed by atoms with E-state index in [1.54, 1.807) is 18.2 Å². The largest absolute Gasteiger partial charge is 0.480 e. The summed E-state index contributed by atoms with van der Waals surface area (Å²) in [6.07, 6.45) is 1.19. The van der Waals surface area contributed by atoms with E-state index in [0.29, 0.717) is 11.3 Å². The van der Waals surface area contributed by atoms with Crippen molar-refractivity contribution < 1.29 is 14.7 Å². The number of Topliss-reactive ketones (excluding diaryl/α,β-unsaturated/α-hetero) is 1. The molecule has 0 aliphatic carbocycles. The first-order chi connectivity index (χ1) is 8.00. The predicted octanol–water partition coefficient (Wildman–Crippen LogP) is 1.35. The molecule has 1 aliphatic rings. The molecule has 0 bridgehead atoms. The number of anilines is 1. The van der Waals surface area contributed by atoms with Crippen molar-refractivity contribution in [2.75, 3.05) is 19.0 Å². The highest BCUT2D eigenvalue weighted by atomic mass is 16.4. The number of aliphatic carboxylic acids is 1. The highest BCUT2D eigenvalue weighted by molar-refractivity contribution is 6.22. The van der Waals surface area contributed by atoms with Crippen LogP contribution in [0, 0.1) is 5.92 Å². The summed E-state index contributed by atoms with van der Waals surface area (Å²) in [7, 11) is 3.77. The van der Waals surface area contributed by atoms with Crippen LogP contribution in [0.15, 0.2) is 23.2 Å². The van der Waals surface area contributed by atoms with Gasteiger partial charge in [0.05, 0.1) is 5.69 Å². The molecule has 0 saturated carbocycles. The quantitative estimate of drug-likeness (QED) is 0.781. The predicted molar refractivity (Wildman–Crippen MR) is 64.4 cm³/mol. The lowest BCUT2D eigenvalue weighted by Gasteiger charge is -2.18. The van der Waals surface area contributed by atoms with Crippen LogP contribution in [0.1, 0.15) is 10.4 Å². The molecule has 0 radical (unpaired) electrons. The van der Waals surface area contributed by atoms with Crippen LogP contribution in [0.2, 0.25) is 0 Å². The number of rotatable bonds is 2. The fraction of sp³-hybridized carbons (Fsp3) is 0.250. The molecule has 2 rings (SSSR count). The minimum atomic E-state index is -1.17. The number of benzene rings is 1. The van der Waals surface area contributed by atoms with Gasteiger partial charge in [-0.1, -0.05) is 0 Å². The Balaban J connectivity index is 2.46. The van der Waals surface area contributed by atoms with E-state index in [4.69, 9.17) is 5.11 Å². The number of carbonyl (C=O) groups excluding carboxylic acids is 1. The highest BCUT2D eigenvalue weighted by Gasteiger charge is 2.30. The molecule has 0 aromatic heterocycles. The molecule has 1 N–H and O–H groups in total. The maximum absolute atomic E-state index is 11.9. The van der Waals surface area contributed by atoms with Crippen molar-refractivity contribution in [2.45, 2.75) is 0 Å². The Morgan fingerprint density at radius 3 is 2.71 bits per heavy atom. The van der Waals surface area contributed by atoms with Crippen molar-refractivity contribution in [1.82, 2.24) is 0 Å². The van der Waals surface area contributed by atoms with E-state index in [-0.39, 0.29) is 0 Å². The topological polar surface area (TPSA) is 70.0 Å². The van der Waals surface area contributed by atoms with Crippen molar-refractivity contribution in [1.29, 1.82) is 0 Å². The van der Waals surface area contributed by atoms with E-state index in [0.717, 1.165) is 5.69 Å². The lowest BCUT2D eigenvalue weighted by Crippen LogP contribution is -2.27. The summed E-state index contributed by atoms with van der Waals surface area (Å²) in [6, 6.07) is 5.16. The van der Waals surface area contributed by atoms with Gasteiger partial charge in [0, 0.05) is 31.6 Å². The first-order valence-electron chi connectivity index (χ1n) is 5.13. The SMILES string of the molecule is CN(C)c1ccc2c(c1)N=CC(C(=O)O)C2=O. The molecular weight excluding hydrogens is 220 g/mol. The van der Waals surface area contributed by atoms with Gasteiger partial charge in [-0.2, -0.15) is 0 Å². The van der Waals surface area contributed by atoms with Crippen molar-refractivity contribution in [3.63, 3.8) is 0 Å². The van der Waals surface area contributed by atoms with Crippen LogP contribution >= 0.6 is 0 Å².